The monoisotopic (exact) mass is 1580 g/mol. The minimum absolute atomic E-state index is 0.0622. The van der Waals surface area contributed by atoms with Crippen LogP contribution < -0.4 is 21.3 Å². The first-order valence-electron chi connectivity index (χ1n) is 44.1. The molecule has 0 aliphatic rings. The maximum absolute atomic E-state index is 13.6. The van der Waals surface area contributed by atoms with Crippen molar-refractivity contribution in [3.63, 3.8) is 0 Å². The highest BCUT2D eigenvalue weighted by molar-refractivity contribution is 7.53. The lowest BCUT2D eigenvalue weighted by Crippen LogP contribution is -2.44. The van der Waals surface area contributed by atoms with Crippen molar-refractivity contribution in [2.24, 2.45) is 0 Å². The van der Waals surface area contributed by atoms with Gasteiger partial charge in [0.2, 0.25) is 17.7 Å². The molecule has 22 heteroatoms. The molecule has 0 fully saturated rings. The van der Waals surface area contributed by atoms with Crippen LogP contribution in [0.5, 0.6) is 0 Å². The van der Waals surface area contributed by atoms with Crippen molar-refractivity contribution in [2.45, 2.75) is 400 Å². The Bertz CT molecular complexity index is 2360. The van der Waals surface area contributed by atoms with Crippen molar-refractivity contribution in [3.8, 4) is 0 Å². The fraction of sp³-hybridized carbons (Fsp3) is 0.851. The number of ether oxygens (including phenoxy) is 4. The van der Waals surface area contributed by atoms with Gasteiger partial charge in [0.05, 0.1) is 64.9 Å². The van der Waals surface area contributed by atoms with Crippen molar-refractivity contribution < 1.29 is 75.3 Å². The fourth-order valence-corrected chi connectivity index (χ4v) is 14.2. The average molecular weight is 1580 g/mol. The van der Waals surface area contributed by atoms with Gasteiger partial charge < -0.3 is 58.1 Å². The Hall–Kier alpha value is -3.55. The molecule has 0 aliphatic carbocycles. The van der Waals surface area contributed by atoms with E-state index in [0.717, 1.165) is 167 Å². The predicted octanol–water partition coefficient (Wildman–Crippen LogP) is 21.8. The number of unbranched alkanes of at least 4 members (excludes halogenated alkanes) is 32. The van der Waals surface area contributed by atoms with E-state index in [4.69, 9.17) is 37.0 Å². The van der Waals surface area contributed by atoms with Crippen LogP contribution in [0.3, 0.4) is 0 Å². The third kappa shape index (κ3) is 75.6. The van der Waals surface area contributed by atoms with Crippen molar-refractivity contribution in [1.82, 2.24) is 21.3 Å². The van der Waals surface area contributed by atoms with E-state index in [1.807, 2.05) is 0 Å². The molecule has 0 saturated carbocycles. The van der Waals surface area contributed by atoms with Crippen LogP contribution in [0, 0.1) is 0 Å². The Morgan fingerprint density at radius 3 is 1.05 bits per heavy atom. The number of amides is 3. The van der Waals surface area contributed by atoms with Crippen molar-refractivity contribution in [1.29, 1.82) is 0 Å². The lowest BCUT2D eigenvalue weighted by molar-refractivity contribution is -0.151. The number of hydrogen-bond donors (Lipinski definition) is 5. The highest BCUT2D eigenvalue weighted by atomic mass is 31.2. The summed E-state index contributed by atoms with van der Waals surface area (Å²) in [5, 5.41) is 22.6. The molecule has 20 nitrogen and oxygen atoms in total. The molecule has 0 heterocycles. The standard InChI is InChI=1S/C87H164N4O16P2/c1-9-15-21-27-31-35-37-41-43-49-55-61-82(92)90-78(74-100-69-65-80(59-53-47-25-19-13-5)106-86(96)63-57-51-45-39-33-29-23-17-11-3)76-104-108(7,98)102-71-67-88-84(94)73-85(95)89-68-72-103-109(8,99)105-77-79(91-83(93)62-56-50-44-42-38-36-32-28-22-16-10-2)75-101-70-66-81(60-54-48-26-20-14-6)107-87(97)64-58-52-46-40-34-30-24-18-12-4/h35-40,45-46,78-82,90,92H,9-34,41-44,47-77H2,1-8H3,(H,88,94)(H,89,95)(H,91,93)/b37-35-,38-36-,45-39-,46-40-. The summed E-state index contributed by atoms with van der Waals surface area (Å²) in [7, 11) is -7.41. The van der Waals surface area contributed by atoms with Crippen LogP contribution in [0.4, 0.5) is 0 Å². The second kappa shape index (κ2) is 78.3. The number of esters is 2. The largest absolute Gasteiger partial charge is 0.462 e. The summed E-state index contributed by atoms with van der Waals surface area (Å²) in [6.07, 6.45) is 65.5. The predicted molar refractivity (Wildman–Crippen MR) is 449 cm³/mol. The van der Waals surface area contributed by atoms with Gasteiger partial charge in [0, 0.05) is 58.5 Å². The molecule has 0 aromatic rings. The third-order valence-corrected chi connectivity index (χ3v) is 21.5. The lowest BCUT2D eigenvalue weighted by atomic mass is 10.1. The molecule has 7 unspecified atom stereocenters. The summed E-state index contributed by atoms with van der Waals surface area (Å²) in [5.41, 5.74) is 0. The molecule has 0 aliphatic heterocycles. The number of hydrogen-bond acceptors (Lipinski definition) is 17. The van der Waals surface area contributed by atoms with E-state index in [1.54, 1.807) is 0 Å². The average Bonchev–Trinajstić information content (AvgIpc) is 0.927. The van der Waals surface area contributed by atoms with E-state index >= 15 is 0 Å². The zero-order valence-electron chi connectivity index (χ0n) is 70.6. The topological polar surface area (TPSA) is 262 Å². The lowest BCUT2D eigenvalue weighted by Gasteiger charge is -2.25. The first kappa shape index (κ1) is 105. The Labute approximate surface area is 665 Å². The summed E-state index contributed by atoms with van der Waals surface area (Å²) in [4.78, 5) is 65.1. The highest BCUT2D eigenvalue weighted by Crippen LogP contribution is 2.44. The van der Waals surface area contributed by atoms with Gasteiger partial charge in [-0.15, -0.1) is 0 Å². The van der Waals surface area contributed by atoms with Crippen LogP contribution in [0.25, 0.3) is 0 Å². The van der Waals surface area contributed by atoms with Crippen molar-refractivity contribution in [3.05, 3.63) is 48.6 Å². The Morgan fingerprint density at radius 1 is 0.339 bits per heavy atom. The second-order valence-electron chi connectivity index (χ2n) is 30.0. The van der Waals surface area contributed by atoms with Gasteiger partial charge in [0.25, 0.3) is 0 Å². The first-order valence-corrected chi connectivity index (χ1v) is 48.0. The number of aliphatic hydroxyl groups is 1. The van der Waals surface area contributed by atoms with Crippen LogP contribution in [0.15, 0.2) is 48.6 Å². The Kier molecular flexibility index (Phi) is 75.8. The van der Waals surface area contributed by atoms with Crippen LogP contribution >= 0.6 is 15.2 Å². The van der Waals surface area contributed by atoms with E-state index in [2.05, 4.69) is 111 Å². The van der Waals surface area contributed by atoms with Crippen molar-refractivity contribution >= 4 is 44.9 Å². The molecule has 0 saturated heterocycles. The smallest absolute Gasteiger partial charge is 0.327 e. The van der Waals surface area contributed by atoms with E-state index in [1.165, 1.54) is 122 Å². The number of rotatable bonds is 83. The van der Waals surface area contributed by atoms with E-state index < -0.39 is 51.7 Å². The molecule has 5 N–H and O–H groups in total. The molecule has 0 aromatic carbocycles. The zero-order valence-corrected chi connectivity index (χ0v) is 72.4. The van der Waals surface area contributed by atoms with Crippen molar-refractivity contribution in [2.75, 3.05) is 79.3 Å². The van der Waals surface area contributed by atoms with E-state index in [0.29, 0.717) is 51.6 Å². The Morgan fingerprint density at radius 2 is 0.661 bits per heavy atom. The summed E-state index contributed by atoms with van der Waals surface area (Å²) in [5.74, 6) is -1.79. The quantitative estimate of drug-likeness (QED) is 0.00946. The van der Waals surface area contributed by atoms with Gasteiger partial charge in [-0.2, -0.15) is 0 Å². The molecule has 638 valence electrons. The van der Waals surface area contributed by atoms with Gasteiger partial charge in [-0.25, -0.2) is 0 Å². The Balaban J connectivity index is 5.57. The molecule has 0 bridgehead atoms. The van der Waals surface area contributed by atoms with Crippen LogP contribution in [-0.2, 0) is 70.1 Å². The summed E-state index contributed by atoms with van der Waals surface area (Å²) in [6, 6.07) is -1.23. The zero-order chi connectivity index (χ0) is 80.0. The summed E-state index contributed by atoms with van der Waals surface area (Å²) < 4.78 is 74.5. The van der Waals surface area contributed by atoms with Crippen LogP contribution in [0.1, 0.15) is 369 Å². The number of allylic oxidation sites excluding steroid dienone is 8. The normalized spacial score (nSPS) is 14.5. The van der Waals surface area contributed by atoms with Crippen LogP contribution in [-0.4, -0.2) is 145 Å². The number of carbonyl (C=O) groups excluding carboxylic acids is 5. The maximum atomic E-state index is 13.6. The van der Waals surface area contributed by atoms with E-state index in [-0.39, 0.29) is 89.4 Å². The van der Waals surface area contributed by atoms with E-state index in [9.17, 15) is 38.2 Å². The summed E-state index contributed by atoms with van der Waals surface area (Å²) >= 11 is 0. The maximum Gasteiger partial charge on any atom is 0.327 e. The number of aliphatic hydroxyl groups excluding tert-OH is 1. The second-order valence-corrected chi connectivity index (χ2v) is 34.1. The molecule has 109 heavy (non-hydrogen) atoms. The third-order valence-electron chi connectivity index (χ3n) is 19.0. The molecule has 0 rings (SSSR count). The molecule has 0 aromatic heterocycles. The molecule has 0 radical (unpaired) electrons. The molecular formula is C87H164N4O16P2. The molecule has 3 amide bonds. The molecule has 7 atom stereocenters. The first-order chi connectivity index (χ1) is 52.9. The van der Waals surface area contributed by atoms with Gasteiger partial charge in [-0.3, -0.25) is 38.4 Å². The van der Waals surface area contributed by atoms with Gasteiger partial charge in [-0.1, -0.05) is 231 Å². The molecule has 0 spiro atoms. The van der Waals surface area contributed by atoms with Gasteiger partial charge in [-0.05, 0) is 148 Å². The number of carbonyl (C=O) groups is 5. The van der Waals surface area contributed by atoms with Crippen LogP contribution in [0.2, 0.25) is 0 Å². The number of nitrogens with one attached hydrogen (secondary N) is 4. The van der Waals surface area contributed by atoms with Gasteiger partial charge in [0.1, 0.15) is 24.9 Å². The minimum Gasteiger partial charge on any atom is -0.462 e. The van der Waals surface area contributed by atoms with Gasteiger partial charge in [0.15, 0.2) is 0 Å². The van der Waals surface area contributed by atoms with Gasteiger partial charge >= 0.3 is 27.1 Å². The SMILES string of the molecule is CCCCCC/C=C\CCCCCC(=O)NC(COCCC(CCCCCCC)OC(=O)CCC/C=C\CCCCCC)COP(C)(=O)OCCNC(=O)CC(=O)NCCOP(C)(=O)OCC(COCCC(CCCCCCC)OC(=O)CCC/C=C\CCCCCC)NC(O)CCCCC/C=C\CCCCCC. The fourth-order valence-electron chi connectivity index (χ4n) is 12.3. The highest BCUT2D eigenvalue weighted by Gasteiger charge is 2.25. The molecular weight excluding hydrogens is 1420 g/mol. The summed E-state index contributed by atoms with van der Waals surface area (Å²) in [6.45, 7) is 15.8. The minimum atomic E-state index is -3.72.